The molecule has 3 aromatic heterocycles. The molecule has 1 unspecified atom stereocenters. The molecule has 0 saturated heterocycles. The molecule has 5 nitrogen and oxygen atoms in total. The fourth-order valence-corrected chi connectivity index (χ4v) is 5.10. The molecule has 0 saturated carbocycles. The standard InChI is InChI=1S/C29H19N3O2/c33-29(21-13-15-31-28-20(21)12-14-30-28)32-27-19-8-3-2-7-18(19)26-22(9-5-10-23(26)27)25-16-17-6-1-4-11-24(17)34-25/h1-16,27H,(H,30,31)(H,32,33). The molecule has 0 fully saturated rings. The molecular formula is C29H19N3O2. The molecule has 7 rings (SSSR count). The zero-order chi connectivity index (χ0) is 22.6. The number of hydrogen-bond donors (Lipinski definition) is 2. The highest BCUT2D eigenvalue weighted by atomic mass is 16.3. The minimum Gasteiger partial charge on any atom is -0.456 e. The van der Waals surface area contributed by atoms with Crippen LogP contribution >= 0.6 is 0 Å². The Labute approximate surface area is 195 Å². The molecule has 0 spiro atoms. The molecule has 1 amide bonds. The normalized spacial score (nSPS) is 14.3. The van der Waals surface area contributed by atoms with Gasteiger partial charge in [-0.1, -0.05) is 60.7 Å². The summed E-state index contributed by atoms with van der Waals surface area (Å²) in [6, 6.07) is 28.0. The number of pyridine rings is 1. The molecule has 3 heterocycles. The van der Waals surface area contributed by atoms with Crippen molar-refractivity contribution < 1.29 is 9.21 Å². The van der Waals surface area contributed by atoms with Gasteiger partial charge in [-0.3, -0.25) is 4.79 Å². The van der Waals surface area contributed by atoms with Gasteiger partial charge in [0.25, 0.3) is 5.91 Å². The van der Waals surface area contributed by atoms with Crippen LogP contribution in [0.3, 0.4) is 0 Å². The number of carbonyl (C=O) groups is 1. The SMILES string of the molecule is O=C(NC1c2ccccc2-c2c(-c3cc4ccccc4o3)cccc21)c1ccnc2[nH]ccc12. The van der Waals surface area contributed by atoms with Gasteiger partial charge in [0.15, 0.2) is 0 Å². The number of amides is 1. The fourth-order valence-electron chi connectivity index (χ4n) is 5.10. The number of fused-ring (bicyclic) bond motifs is 5. The second-order valence-electron chi connectivity index (χ2n) is 8.51. The zero-order valence-corrected chi connectivity index (χ0v) is 18.1. The van der Waals surface area contributed by atoms with E-state index in [-0.39, 0.29) is 11.9 Å². The minimum absolute atomic E-state index is 0.131. The van der Waals surface area contributed by atoms with Gasteiger partial charge in [0.1, 0.15) is 17.0 Å². The molecule has 0 aliphatic heterocycles. The van der Waals surface area contributed by atoms with E-state index in [1.165, 1.54) is 0 Å². The monoisotopic (exact) mass is 441 g/mol. The fraction of sp³-hybridized carbons (Fsp3) is 0.0345. The minimum atomic E-state index is -0.259. The van der Waals surface area contributed by atoms with Crippen molar-refractivity contribution in [2.45, 2.75) is 6.04 Å². The van der Waals surface area contributed by atoms with Crippen molar-refractivity contribution in [3.8, 4) is 22.5 Å². The summed E-state index contributed by atoms with van der Waals surface area (Å²) in [5.74, 6) is 0.691. The molecule has 0 bridgehead atoms. The van der Waals surface area contributed by atoms with Gasteiger partial charge in [0.2, 0.25) is 0 Å². The molecule has 2 N–H and O–H groups in total. The van der Waals surface area contributed by atoms with E-state index < -0.39 is 0 Å². The highest BCUT2D eigenvalue weighted by Gasteiger charge is 2.32. The average Bonchev–Trinajstić information content (AvgIpc) is 3.60. The van der Waals surface area contributed by atoms with Gasteiger partial charge in [-0.25, -0.2) is 4.98 Å². The van der Waals surface area contributed by atoms with Crippen LogP contribution in [0.25, 0.3) is 44.5 Å². The number of para-hydroxylation sites is 1. The number of benzene rings is 3. The lowest BCUT2D eigenvalue weighted by molar-refractivity contribution is 0.0945. The van der Waals surface area contributed by atoms with E-state index in [1.807, 2.05) is 42.5 Å². The Balaban J connectivity index is 1.36. The highest BCUT2D eigenvalue weighted by molar-refractivity contribution is 6.06. The van der Waals surface area contributed by atoms with Crippen molar-refractivity contribution >= 4 is 27.9 Å². The number of hydrogen-bond acceptors (Lipinski definition) is 3. The van der Waals surface area contributed by atoms with Crippen LogP contribution in [0.4, 0.5) is 0 Å². The molecule has 162 valence electrons. The predicted molar refractivity (Wildman–Crippen MR) is 132 cm³/mol. The average molecular weight is 441 g/mol. The van der Waals surface area contributed by atoms with Gasteiger partial charge in [-0.05, 0) is 46.5 Å². The van der Waals surface area contributed by atoms with Crippen LogP contribution in [0.15, 0.2) is 102 Å². The molecular weight excluding hydrogens is 422 g/mol. The van der Waals surface area contributed by atoms with E-state index in [4.69, 9.17) is 4.42 Å². The number of rotatable bonds is 3. The molecule has 1 atom stereocenters. The Morgan fingerprint density at radius 3 is 2.65 bits per heavy atom. The topological polar surface area (TPSA) is 70.9 Å². The van der Waals surface area contributed by atoms with Crippen LogP contribution in [0.1, 0.15) is 27.5 Å². The molecule has 5 heteroatoms. The number of nitrogens with one attached hydrogen (secondary N) is 2. The summed E-state index contributed by atoms with van der Waals surface area (Å²) >= 11 is 0. The number of furan rings is 1. The Kier molecular flexibility index (Phi) is 3.99. The van der Waals surface area contributed by atoms with Gasteiger partial charge < -0.3 is 14.7 Å². The first-order valence-electron chi connectivity index (χ1n) is 11.2. The lowest BCUT2D eigenvalue weighted by Gasteiger charge is -2.16. The second kappa shape index (κ2) is 7.18. The smallest absolute Gasteiger partial charge is 0.252 e. The summed E-state index contributed by atoms with van der Waals surface area (Å²) in [6.45, 7) is 0. The quantitative estimate of drug-likeness (QED) is 0.330. The summed E-state index contributed by atoms with van der Waals surface area (Å²) in [4.78, 5) is 20.8. The molecule has 6 aromatic rings. The number of nitrogens with zero attached hydrogens (tertiary/aromatic N) is 1. The number of aromatic amines is 1. The molecule has 3 aromatic carbocycles. The predicted octanol–water partition coefficient (Wildman–Crippen LogP) is 6.48. The van der Waals surface area contributed by atoms with Crippen molar-refractivity contribution in [1.82, 2.24) is 15.3 Å². The maximum Gasteiger partial charge on any atom is 0.252 e. The zero-order valence-electron chi connectivity index (χ0n) is 18.1. The lowest BCUT2D eigenvalue weighted by Crippen LogP contribution is -2.28. The molecule has 34 heavy (non-hydrogen) atoms. The van der Waals surface area contributed by atoms with E-state index >= 15 is 0 Å². The summed E-state index contributed by atoms with van der Waals surface area (Å²) < 4.78 is 6.22. The van der Waals surface area contributed by atoms with E-state index in [9.17, 15) is 4.79 Å². The molecule has 0 radical (unpaired) electrons. The van der Waals surface area contributed by atoms with Crippen LogP contribution in [-0.2, 0) is 0 Å². The summed E-state index contributed by atoms with van der Waals surface area (Å²) in [5, 5.41) is 5.16. The summed E-state index contributed by atoms with van der Waals surface area (Å²) in [7, 11) is 0. The molecule has 1 aliphatic carbocycles. The van der Waals surface area contributed by atoms with E-state index in [0.29, 0.717) is 11.2 Å². The van der Waals surface area contributed by atoms with Crippen molar-refractivity contribution in [2.24, 2.45) is 0 Å². The van der Waals surface area contributed by atoms with Crippen LogP contribution < -0.4 is 5.32 Å². The van der Waals surface area contributed by atoms with Crippen LogP contribution in [0.5, 0.6) is 0 Å². The third kappa shape index (κ3) is 2.74. The summed E-state index contributed by atoms with van der Waals surface area (Å²) in [5.41, 5.74) is 7.54. The van der Waals surface area contributed by atoms with E-state index in [2.05, 4.69) is 51.7 Å². The van der Waals surface area contributed by atoms with E-state index in [1.54, 1.807) is 18.5 Å². The van der Waals surface area contributed by atoms with Crippen molar-refractivity contribution in [2.75, 3.05) is 0 Å². The Morgan fingerprint density at radius 1 is 0.882 bits per heavy atom. The Hall–Kier alpha value is -4.64. The van der Waals surface area contributed by atoms with Gasteiger partial charge in [-0.15, -0.1) is 0 Å². The van der Waals surface area contributed by atoms with Crippen LogP contribution in [0, 0.1) is 0 Å². The third-order valence-electron chi connectivity index (χ3n) is 6.62. The van der Waals surface area contributed by atoms with Crippen molar-refractivity contribution in [1.29, 1.82) is 0 Å². The first-order valence-corrected chi connectivity index (χ1v) is 11.2. The van der Waals surface area contributed by atoms with Crippen LogP contribution in [-0.4, -0.2) is 15.9 Å². The number of H-pyrrole nitrogens is 1. The van der Waals surface area contributed by atoms with Crippen LogP contribution in [0.2, 0.25) is 0 Å². The van der Waals surface area contributed by atoms with Gasteiger partial charge in [0, 0.05) is 28.7 Å². The third-order valence-corrected chi connectivity index (χ3v) is 6.62. The first kappa shape index (κ1) is 18.9. The highest BCUT2D eigenvalue weighted by Crippen LogP contribution is 2.48. The first-order chi connectivity index (χ1) is 16.8. The maximum absolute atomic E-state index is 13.4. The number of aromatic nitrogens is 2. The number of carbonyl (C=O) groups excluding carboxylic acids is 1. The summed E-state index contributed by atoms with van der Waals surface area (Å²) in [6.07, 6.45) is 3.46. The molecule has 1 aliphatic rings. The Morgan fingerprint density at radius 2 is 1.71 bits per heavy atom. The second-order valence-corrected chi connectivity index (χ2v) is 8.51. The van der Waals surface area contributed by atoms with Gasteiger partial charge >= 0.3 is 0 Å². The van der Waals surface area contributed by atoms with Crippen molar-refractivity contribution in [3.63, 3.8) is 0 Å². The largest absolute Gasteiger partial charge is 0.456 e. The van der Waals surface area contributed by atoms with Crippen molar-refractivity contribution in [3.05, 3.63) is 114 Å². The van der Waals surface area contributed by atoms with Gasteiger partial charge in [0.05, 0.1) is 11.6 Å². The Bertz CT molecular complexity index is 1690. The maximum atomic E-state index is 13.4. The van der Waals surface area contributed by atoms with Gasteiger partial charge in [-0.2, -0.15) is 0 Å². The lowest BCUT2D eigenvalue weighted by atomic mass is 9.97. The van der Waals surface area contributed by atoms with E-state index in [0.717, 1.165) is 49.9 Å².